The zero-order chi connectivity index (χ0) is 18.2. The highest BCUT2D eigenvalue weighted by molar-refractivity contribution is 5.77. The van der Waals surface area contributed by atoms with Crippen molar-refractivity contribution in [3.8, 4) is 5.75 Å². The Bertz CT molecular complexity index is 717. The number of ether oxygens (including phenoxy) is 1. The third kappa shape index (κ3) is 5.15. The van der Waals surface area contributed by atoms with Crippen molar-refractivity contribution < 1.29 is 4.74 Å². The van der Waals surface area contributed by atoms with Gasteiger partial charge in [0.2, 0.25) is 0 Å². The van der Waals surface area contributed by atoms with Gasteiger partial charge in [-0.25, -0.2) is 0 Å². The van der Waals surface area contributed by atoms with E-state index in [1.54, 1.807) is 7.11 Å². The Morgan fingerprint density at radius 1 is 1.23 bits per heavy atom. The van der Waals surface area contributed by atoms with Crippen molar-refractivity contribution >= 4 is 11.6 Å². The fraction of sp³-hybridized carbons (Fsp3) is 0.381. The van der Waals surface area contributed by atoms with Crippen LogP contribution >= 0.6 is 0 Å². The van der Waals surface area contributed by atoms with E-state index in [0.717, 1.165) is 44.8 Å². The van der Waals surface area contributed by atoms with Gasteiger partial charge in [0.1, 0.15) is 5.75 Å². The predicted molar refractivity (Wildman–Crippen MR) is 108 cm³/mol. The summed E-state index contributed by atoms with van der Waals surface area (Å²) in [6.45, 7) is 3.63. The summed E-state index contributed by atoms with van der Waals surface area (Å²) in [6, 6.07) is 18.6. The first-order valence-corrected chi connectivity index (χ1v) is 9.21. The number of hydrogen-bond donors (Lipinski definition) is 2. The third-order valence-electron chi connectivity index (χ3n) is 4.79. The molecule has 5 heteroatoms. The number of nitrogens with one attached hydrogen (secondary N) is 1. The van der Waals surface area contributed by atoms with Gasteiger partial charge in [-0.15, -0.1) is 0 Å². The van der Waals surface area contributed by atoms with Crippen molar-refractivity contribution in [2.24, 2.45) is 16.6 Å². The van der Waals surface area contributed by atoms with Crippen LogP contribution in [0, 0.1) is 5.92 Å². The highest BCUT2D eigenvalue weighted by Crippen LogP contribution is 2.26. The van der Waals surface area contributed by atoms with Crippen molar-refractivity contribution in [1.82, 2.24) is 5.32 Å². The molecule has 0 radical (unpaired) electrons. The van der Waals surface area contributed by atoms with Gasteiger partial charge >= 0.3 is 0 Å². The molecule has 2 aromatic rings. The van der Waals surface area contributed by atoms with E-state index in [4.69, 9.17) is 10.5 Å². The van der Waals surface area contributed by atoms with Gasteiger partial charge in [-0.3, -0.25) is 4.99 Å². The van der Waals surface area contributed by atoms with Gasteiger partial charge < -0.3 is 20.7 Å². The molecule has 3 rings (SSSR count). The van der Waals surface area contributed by atoms with Crippen LogP contribution in [0.3, 0.4) is 0 Å². The largest absolute Gasteiger partial charge is 0.497 e. The van der Waals surface area contributed by atoms with Gasteiger partial charge in [-0.2, -0.15) is 0 Å². The summed E-state index contributed by atoms with van der Waals surface area (Å²) in [7, 11) is 1.70. The number of aliphatic imine (C=N–C) groups is 1. The lowest BCUT2D eigenvalue weighted by molar-refractivity contribution is 0.415. The summed E-state index contributed by atoms with van der Waals surface area (Å²) >= 11 is 0. The normalized spacial score (nSPS) is 17.3. The Kier molecular flexibility index (Phi) is 6.36. The molecule has 3 N–H and O–H groups in total. The smallest absolute Gasteiger partial charge is 0.188 e. The van der Waals surface area contributed by atoms with Crippen LogP contribution in [-0.4, -0.2) is 39.2 Å². The molecular formula is C21H28N4O. The molecule has 5 nitrogen and oxygen atoms in total. The first kappa shape index (κ1) is 18.1. The number of rotatable bonds is 7. The van der Waals surface area contributed by atoms with Crippen LogP contribution in [-0.2, 0) is 6.42 Å². The summed E-state index contributed by atoms with van der Waals surface area (Å²) in [4.78, 5) is 6.92. The Hall–Kier alpha value is -2.69. The number of hydrogen-bond acceptors (Lipinski definition) is 3. The second-order valence-corrected chi connectivity index (χ2v) is 6.69. The number of guanidine groups is 1. The number of nitrogens with zero attached hydrogens (tertiary/aromatic N) is 2. The number of anilines is 1. The zero-order valence-electron chi connectivity index (χ0n) is 15.4. The summed E-state index contributed by atoms with van der Waals surface area (Å²) in [5.41, 5.74) is 8.52. The second kappa shape index (κ2) is 9.13. The molecule has 0 aliphatic carbocycles. The van der Waals surface area contributed by atoms with Crippen LogP contribution in [0.15, 0.2) is 59.6 Å². The average molecular weight is 352 g/mol. The lowest BCUT2D eigenvalue weighted by Gasteiger charge is -2.19. The van der Waals surface area contributed by atoms with E-state index in [1.807, 2.05) is 18.2 Å². The minimum atomic E-state index is 0.538. The molecule has 26 heavy (non-hydrogen) atoms. The average Bonchev–Trinajstić information content (AvgIpc) is 3.16. The van der Waals surface area contributed by atoms with Gasteiger partial charge in [0.05, 0.1) is 7.11 Å². The van der Waals surface area contributed by atoms with Crippen molar-refractivity contribution in [2.75, 3.05) is 38.2 Å². The maximum Gasteiger partial charge on any atom is 0.188 e. The van der Waals surface area contributed by atoms with E-state index >= 15 is 0 Å². The molecule has 1 aliphatic rings. The number of nitrogens with two attached hydrogens (primary N) is 1. The highest BCUT2D eigenvalue weighted by Gasteiger charge is 2.22. The SMILES string of the molecule is COc1cccc(N2CCC(CN=C(N)NCCc3ccccc3)C2)c1. The van der Waals surface area contributed by atoms with Crippen LogP contribution in [0.1, 0.15) is 12.0 Å². The van der Waals surface area contributed by atoms with Gasteiger partial charge in [0.15, 0.2) is 5.96 Å². The topological polar surface area (TPSA) is 62.9 Å². The second-order valence-electron chi connectivity index (χ2n) is 6.69. The van der Waals surface area contributed by atoms with Crippen LogP contribution < -0.4 is 20.7 Å². The predicted octanol–water partition coefficient (Wildman–Crippen LogP) is 2.67. The van der Waals surface area contributed by atoms with E-state index in [9.17, 15) is 0 Å². The first-order valence-electron chi connectivity index (χ1n) is 9.21. The molecule has 1 saturated heterocycles. The van der Waals surface area contributed by atoms with Gasteiger partial charge in [0, 0.05) is 37.9 Å². The summed E-state index contributed by atoms with van der Waals surface area (Å²) in [5, 5.41) is 3.21. The van der Waals surface area contributed by atoms with E-state index in [-0.39, 0.29) is 0 Å². The lowest BCUT2D eigenvalue weighted by atomic mass is 10.1. The van der Waals surface area contributed by atoms with Crippen LogP contribution in [0.4, 0.5) is 5.69 Å². The molecule has 1 aliphatic heterocycles. The van der Waals surface area contributed by atoms with Crippen LogP contribution in [0.25, 0.3) is 0 Å². The Morgan fingerprint density at radius 2 is 2.08 bits per heavy atom. The fourth-order valence-electron chi connectivity index (χ4n) is 3.29. The quantitative estimate of drug-likeness (QED) is 0.594. The molecule has 0 bridgehead atoms. The van der Waals surface area contributed by atoms with Crippen LogP contribution in [0.2, 0.25) is 0 Å². The van der Waals surface area contributed by atoms with Crippen molar-refractivity contribution in [1.29, 1.82) is 0 Å². The number of methoxy groups -OCH3 is 1. The van der Waals surface area contributed by atoms with Gasteiger partial charge in [-0.05, 0) is 36.5 Å². The molecular weight excluding hydrogens is 324 g/mol. The highest BCUT2D eigenvalue weighted by atomic mass is 16.5. The standard InChI is InChI=1S/C21H28N4O/c1-26-20-9-5-8-19(14-20)25-13-11-18(16-25)15-24-21(22)23-12-10-17-6-3-2-4-7-17/h2-9,14,18H,10-13,15-16H2,1H3,(H3,22,23,24). The minimum Gasteiger partial charge on any atom is -0.497 e. The van der Waals surface area contributed by atoms with E-state index in [2.05, 4.69) is 51.6 Å². The fourth-order valence-corrected chi connectivity index (χ4v) is 3.29. The summed E-state index contributed by atoms with van der Waals surface area (Å²) < 4.78 is 5.32. The van der Waals surface area contributed by atoms with Crippen molar-refractivity contribution in [3.05, 3.63) is 60.2 Å². The monoisotopic (exact) mass is 352 g/mol. The molecule has 1 atom stereocenters. The van der Waals surface area contributed by atoms with E-state index in [0.29, 0.717) is 11.9 Å². The van der Waals surface area contributed by atoms with E-state index in [1.165, 1.54) is 11.3 Å². The third-order valence-corrected chi connectivity index (χ3v) is 4.79. The maximum atomic E-state index is 6.01. The van der Waals surface area contributed by atoms with Gasteiger partial charge in [-0.1, -0.05) is 36.4 Å². The lowest BCUT2D eigenvalue weighted by Crippen LogP contribution is -2.34. The molecule has 0 amide bonds. The first-order chi connectivity index (χ1) is 12.7. The molecule has 0 saturated carbocycles. The molecule has 1 unspecified atom stereocenters. The summed E-state index contributed by atoms with van der Waals surface area (Å²) in [5.74, 6) is 1.98. The molecule has 138 valence electrons. The molecule has 0 spiro atoms. The van der Waals surface area contributed by atoms with Crippen LogP contribution in [0.5, 0.6) is 5.75 Å². The summed E-state index contributed by atoms with van der Waals surface area (Å²) in [6.07, 6.45) is 2.09. The number of benzene rings is 2. The Labute approximate surface area is 155 Å². The minimum absolute atomic E-state index is 0.538. The maximum absolute atomic E-state index is 6.01. The molecule has 2 aromatic carbocycles. The van der Waals surface area contributed by atoms with E-state index < -0.39 is 0 Å². The molecule has 1 fully saturated rings. The van der Waals surface area contributed by atoms with Gasteiger partial charge in [0.25, 0.3) is 0 Å². The molecule has 0 aromatic heterocycles. The Morgan fingerprint density at radius 3 is 2.88 bits per heavy atom. The molecule has 1 heterocycles. The Balaban J connectivity index is 1.42. The zero-order valence-corrected chi connectivity index (χ0v) is 15.4. The van der Waals surface area contributed by atoms with Crippen molar-refractivity contribution in [3.63, 3.8) is 0 Å². The van der Waals surface area contributed by atoms with Crippen molar-refractivity contribution in [2.45, 2.75) is 12.8 Å².